The number of nitrogens with one attached hydrogen (secondary N) is 1. The van der Waals surface area contributed by atoms with E-state index >= 15 is 0 Å². The predicted molar refractivity (Wildman–Crippen MR) is 65.7 cm³/mol. The van der Waals surface area contributed by atoms with Crippen LogP contribution in [0.25, 0.3) is 0 Å². The van der Waals surface area contributed by atoms with E-state index in [-0.39, 0.29) is 5.91 Å². The van der Waals surface area contributed by atoms with Gasteiger partial charge in [-0.05, 0) is 31.5 Å². The third kappa shape index (κ3) is 2.25. The largest absolute Gasteiger partial charge is 0.319 e. The highest BCUT2D eigenvalue weighted by Crippen LogP contribution is 2.26. The molecule has 0 spiro atoms. The van der Waals surface area contributed by atoms with Crippen molar-refractivity contribution in [2.75, 3.05) is 25.0 Å². The summed E-state index contributed by atoms with van der Waals surface area (Å²) >= 11 is 0. The van der Waals surface area contributed by atoms with Crippen LogP contribution < -0.4 is 10.2 Å². The molecule has 1 aliphatic rings. The number of hydrogen-bond acceptors (Lipinski definition) is 2. The summed E-state index contributed by atoms with van der Waals surface area (Å²) in [5, 5.41) is 3.01. The van der Waals surface area contributed by atoms with Crippen LogP contribution in [0, 0.1) is 0 Å². The van der Waals surface area contributed by atoms with Crippen molar-refractivity contribution in [3.63, 3.8) is 0 Å². The summed E-state index contributed by atoms with van der Waals surface area (Å²) in [4.78, 5) is 13.9. The second-order valence-electron chi connectivity index (χ2n) is 4.13. The van der Waals surface area contributed by atoms with Crippen molar-refractivity contribution in [3.8, 4) is 0 Å². The number of nitrogens with zero attached hydrogens (tertiary/aromatic N) is 1. The van der Waals surface area contributed by atoms with Gasteiger partial charge in [-0.3, -0.25) is 4.79 Å². The first-order chi connectivity index (χ1) is 7.83. The van der Waals surface area contributed by atoms with E-state index in [4.69, 9.17) is 0 Å². The third-order valence-corrected chi connectivity index (χ3v) is 3.00. The minimum absolute atomic E-state index is 0.224. The van der Waals surface area contributed by atoms with Crippen LogP contribution in [0.2, 0.25) is 0 Å². The van der Waals surface area contributed by atoms with E-state index in [0.717, 1.165) is 31.6 Å². The van der Waals surface area contributed by atoms with Crippen molar-refractivity contribution >= 4 is 11.6 Å². The Hall–Kier alpha value is -1.35. The van der Waals surface area contributed by atoms with Crippen molar-refractivity contribution in [2.45, 2.75) is 19.3 Å². The fourth-order valence-electron chi connectivity index (χ4n) is 2.16. The standard InChI is InChI=1S/C13H18N2O/c1-14-9-8-13(16)15-10-4-6-11-5-2-3-7-12(11)15/h2-3,5,7,14H,4,6,8-10H2,1H3. The Kier molecular flexibility index (Phi) is 3.57. The molecule has 1 aromatic carbocycles. The van der Waals surface area contributed by atoms with Gasteiger partial charge in [0.2, 0.25) is 5.91 Å². The van der Waals surface area contributed by atoms with E-state index in [1.165, 1.54) is 5.56 Å². The number of para-hydroxylation sites is 1. The van der Waals surface area contributed by atoms with Crippen LogP contribution in [0.15, 0.2) is 24.3 Å². The van der Waals surface area contributed by atoms with E-state index in [2.05, 4.69) is 11.4 Å². The number of benzene rings is 1. The van der Waals surface area contributed by atoms with Crippen LogP contribution in [0.4, 0.5) is 5.69 Å². The van der Waals surface area contributed by atoms with Crippen molar-refractivity contribution in [1.29, 1.82) is 0 Å². The molecule has 0 aliphatic carbocycles. The van der Waals surface area contributed by atoms with E-state index in [0.29, 0.717) is 6.42 Å². The van der Waals surface area contributed by atoms with Gasteiger partial charge < -0.3 is 10.2 Å². The number of aryl methyl sites for hydroxylation is 1. The normalized spacial score (nSPS) is 14.7. The number of carbonyl (C=O) groups excluding carboxylic acids is 1. The number of anilines is 1. The lowest BCUT2D eigenvalue weighted by atomic mass is 10.0. The van der Waals surface area contributed by atoms with Crippen molar-refractivity contribution in [1.82, 2.24) is 5.32 Å². The topological polar surface area (TPSA) is 32.3 Å². The lowest BCUT2D eigenvalue weighted by Crippen LogP contribution is -2.36. The van der Waals surface area contributed by atoms with Gasteiger partial charge in [-0.1, -0.05) is 18.2 Å². The summed E-state index contributed by atoms with van der Waals surface area (Å²) in [5.74, 6) is 0.224. The Labute approximate surface area is 96.5 Å². The van der Waals surface area contributed by atoms with Gasteiger partial charge >= 0.3 is 0 Å². The maximum absolute atomic E-state index is 12.0. The lowest BCUT2D eigenvalue weighted by molar-refractivity contribution is -0.118. The van der Waals surface area contributed by atoms with Crippen molar-refractivity contribution in [2.24, 2.45) is 0 Å². The second-order valence-corrected chi connectivity index (χ2v) is 4.13. The Morgan fingerprint density at radius 1 is 1.44 bits per heavy atom. The molecule has 0 radical (unpaired) electrons. The number of amides is 1. The first-order valence-electron chi connectivity index (χ1n) is 5.86. The van der Waals surface area contributed by atoms with Crippen LogP contribution in [0.1, 0.15) is 18.4 Å². The summed E-state index contributed by atoms with van der Waals surface area (Å²) in [6.45, 7) is 1.61. The fourth-order valence-corrected chi connectivity index (χ4v) is 2.16. The third-order valence-electron chi connectivity index (χ3n) is 3.00. The molecule has 0 atom stereocenters. The van der Waals surface area contributed by atoms with E-state index in [1.54, 1.807) is 0 Å². The van der Waals surface area contributed by atoms with Crippen LogP contribution in [-0.4, -0.2) is 26.0 Å². The molecule has 0 fully saturated rings. The average Bonchev–Trinajstić information content (AvgIpc) is 2.35. The fraction of sp³-hybridized carbons (Fsp3) is 0.462. The van der Waals surface area contributed by atoms with E-state index in [9.17, 15) is 4.79 Å². The number of rotatable bonds is 3. The Morgan fingerprint density at radius 3 is 3.06 bits per heavy atom. The molecule has 1 aliphatic heterocycles. The summed E-state index contributed by atoms with van der Waals surface area (Å²) in [7, 11) is 1.87. The molecule has 86 valence electrons. The molecule has 16 heavy (non-hydrogen) atoms. The first-order valence-corrected chi connectivity index (χ1v) is 5.86. The second kappa shape index (κ2) is 5.12. The molecule has 0 aromatic heterocycles. The van der Waals surface area contributed by atoms with E-state index in [1.807, 2.05) is 30.1 Å². The maximum atomic E-state index is 12.0. The smallest absolute Gasteiger partial charge is 0.228 e. The maximum Gasteiger partial charge on any atom is 0.228 e. The molecular formula is C13H18N2O. The number of carbonyl (C=O) groups is 1. The zero-order chi connectivity index (χ0) is 11.4. The Morgan fingerprint density at radius 2 is 2.25 bits per heavy atom. The molecule has 1 aromatic rings. The van der Waals surface area contributed by atoms with Gasteiger partial charge in [-0.2, -0.15) is 0 Å². The minimum atomic E-state index is 0.224. The molecule has 1 N–H and O–H groups in total. The molecule has 0 unspecified atom stereocenters. The van der Waals surface area contributed by atoms with E-state index < -0.39 is 0 Å². The van der Waals surface area contributed by atoms with Crippen LogP contribution >= 0.6 is 0 Å². The SMILES string of the molecule is CNCCC(=O)N1CCCc2ccccc21. The van der Waals surface area contributed by atoms with Gasteiger partial charge in [0.15, 0.2) is 0 Å². The highest BCUT2D eigenvalue weighted by atomic mass is 16.2. The number of hydrogen-bond donors (Lipinski definition) is 1. The summed E-state index contributed by atoms with van der Waals surface area (Å²) in [6, 6.07) is 8.21. The molecule has 3 nitrogen and oxygen atoms in total. The molecule has 1 amide bonds. The Bertz CT molecular complexity index is 376. The molecule has 2 rings (SSSR count). The van der Waals surface area contributed by atoms with Gasteiger partial charge in [0.1, 0.15) is 0 Å². The zero-order valence-corrected chi connectivity index (χ0v) is 9.70. The Balaban J connectivity index is 2.15. The number of fused-ring (bicyclic) bond motifs is 1. The quantitative estimate of drug-likeness (QED) is 0.835. The van der Waals surface area contributed by atoms with Gasteiger partial charge in [0.05, 0.1) is 0 Å². The predicted octanol–water partition coefficient (Wildman–Crippen LogP) is 1.58. The summed E-state index contributed by atoms with van der Waals surface area (Å²) in [6.07, 6.45) is 2.74. The summed E-state index contributed by atoms with van der Waals surface area (Å²) in [5.41, 5.74) is 2.40. The molecule has 0 bridgehead atoms. The zero-order valence-electron chi connectivity index (χ0n) is 9.70. The lowest BCUT2D eigenvalue weighted by Gasteiger charge is -2.29. The first kappa shape index (κ1) is 11.1. The molecular weight excluding hydrogens is 200 g/mol. The van der Waals surface area contributed by atoms with Gasteiger partial charge in [-0.15, -0.1) is 0 Å². The van der Waals surface area contributed by atoms with Gasteiger partial charge in [-0.25, -0.2) is 0 Å². The van der Waals surface area contributed by atoms with Gasteiger partial charge in [0.25, 0.3) is 0 Å². The van der Waals surface area contributed by atoms with Crippen LogP contribution in [0.3, 0.4) is 0 Å². The highest BCUT2D eigenvalue weighted by molar-refractivity contribution is 5.94. The monoisotopic (exact) mass is 218 g/mol. The summed E-state index contributed by atoms with van der Waals surface area (Å²) < 4.78 is 0. The van der Waals surface area contributed by atoms with Gasteiger partial charge in [0, 0.05) is 25.2 Å². The van der Waals surface area contributed by atoms with Crippen LogP contribution in [0.5, 0.6) is 0 Å². The minimum Gasteiger partial charge on any atom is -0.319 e. The highest BCUT2D eigenvalue weighted by Gasteiger charge is 2.21. The van der Waals surface area contributed by atoms with Crippen LogP contribution in [-0.2, 0) is 11.2 Å². The molecule has 3 heteroatoms. The van der Waals surface area contributed by atoms with Crippen molar-refractivity contribution < 1.29 is 4.79 Å². The molecule has 1 heterocycles. The molecule has 0 saturated carbocycles. The average molecular weight is 218 g/mol. The molecule has 0 saturated heterocycles. The van der Waals surface area contributed by atoms with Crippen molar-refractivity contribution in [3.05, 3.63) is 29.8 Å².